The Balaban J connectivity index is 1.89. The second kappa shape index (κ2) is 9.40. The van der Waals surface area contributed by atoms with E-state index in [1.54, 1.807) is 11.3 Å². The van der Waals surface area contributed by atoms with Gasteiger partial charge in [-0.2, -0.15) is 0 Å². The Kier molecular flexibility index (Phi) is 7.53. The van der Waals surface area contributed by atoms with Crippen LogP contribution in [0, 0.1) is 0 Å². The van der Waals surface area contributed by atoms with Gasteiger partial charge >= 0.3 is 0 Å². The summed E-state index contributed by atoms with van der Waals surface area (Å²) in [7, 11) is 0. The quantitative estimate of drug-likeness (QED) is 0.802. The first-order valence-corrected chi connectivity index (χ1v) is 9.69. The Morgan fingerprint density at radius 2 is 2.26 bits per heavy atom. The van der Waals surface area contributed by atoms with Crippen molar-refractivity contribution in [1.29, 1.82) is 0 Å². The van der Waals surface area contributed by atoms with Gasteiger partial charge in [0.1, 0.15) is 0 Å². The van der Waals surface area contributed by atoms with Crippen LogP contribution in [0.25, 0.3) is 0 Å². The lowest BCUT2D eigenvalue weighted by atomic mass is 10.0. The molecule has 1 fully saturated rings. The number of thiophene rings is 1. The molecule has 5 heteroatoms. The van der Waals surface area contributed by atoms with Crippen molar-refractivity contribution in [3.05, 3.63) is 22.4 Å². The van der Waals surface area contributed by atoms with Crippen LogP contribution in [-0.2, 0) is 4.79 Å². The van der Waals surface area contributed by atoms with Crippen LogP contribution in [0.15, 0.2) is 17.5 Å². The maximum Gasteiger partial charge on any atom is 0.221 e. The molecule has 4 nitrogen and oxygen atoms in total. The predicted octanol–water partition coefficient (Wildman–Crippen LogP) is 3.33. The van der Waals surface area contributed by atoms with Crippen molar-refractivity contribution in [3.63, 3.8) is 0 Å². The van der Waals surface area contributed by atoms with Crippen molar-refractivity contribution >= 4 is 17.2 Å². The monoisotopic (exact) mass is 338 g/mol. The largest absolute Gasteiger partial charge is 0.388 e. The molecule has 1 aromatic rings. The summed E-state index contributed by atoms with van der Waals surface area (Å²) in [5, 5.41) is 15.4. The van der Waals surface area contributed by atoms with Gasteiger partial charge in [0.2, 0.25) is 5.91 Å². The maximum absolute atomic E-state index is 11.9. The summed E-state index contributed by atoms with van der Waals surface area (Å²) < 4.78 is 0. The van der Waals surface area contributed by atoms with Crippen LogP contribution in [0.1, 0.15) is 63.4 Å². The molecule has 1 aliphatic rings. The summed E-state index contributed by atoms with van der Waals surface area (Å²) in [6, 6.07) is 4.57. The van der Waals surface area contributed by atoms with Gasteiger partial charge in [-0.05, 0) is 51.1 Å². The molecule has 2 rings (SSSR count). The van der Waals surface area contributed by atoms with E-state index in [9.17, 15) is 9.90 Å². The highest BCUT2D eigenvalue weighted by Crippen LogP contribution is 2.28. The number of aliphatic hydroxyl groups excluding tert-OH is 1. The second-order valence-corrected chi connectivity index (χ2v) is 7.76. The number of aliphatic hydroxyl groups is 1. The van der Waals surface area contributed by atoms with Gasteiger partial charge < -0.3 is 10.4 Å². The molecule has 23 heavy (non-hydrogen) atoms. The van der Waals surface area contributed by atoms with Crippen LogP contribution in [0.4, 0.5) is 0 Å². The van der Waals surface area contributed by atoms with Gasteiger partial charge in [0.15, 0.2) is 0 Å². The number of hydrogen-bond acceptors (Lipinski definition) is 4. The van der Waals surface area contributed by atoms with Crippen LogP contribution in [0.5, 0.6) is 0 Å². The fourth-order valence-electron chi connectivity index (χ4n) is 3.29. The number of amides is 1. The summed E-state index contributed by atoms with van der Waals surface area (Å²) in [6.07, 6.45) is 5.71. The third-order valence-corrected chi connectivity index (χ3v) is 5.42. The molecule has 0 bridgehead atoms. The van der Waals surface area contributed by atoms with Crippen LogP contribution < -0.4 is 5.32 Å². The van der Waals surface area contributed by atoms with E-state index in [4.69, 9.17) is 0 Å². The first-order chi connectivity index (χ1) is 11.1. The Labute approximate surface area is 143 Å². The topological polar surface area (TPSA) is 52.6 Å². The first-order valence-electron chi connectivity index (χ1n) is 8.81. The summed E-state index contributed by atoms with van der Waals surface area (Å²) in [5.41, 5.74) is 0. The molecule has 1 aromatic heterocycles. The number of hydrogen-bond donors (Lipinski definition) is 2. The number of nitrogens with one attached hydrogen (secondary N) is 1. The Morgan fingerprint density at radius 1 is 1.43 bits per heavy atom. The molecule has 130 valence electrons. The van der Waals surface area contributed by atoms with Crippen molar-refractivity contribution in [2.24, 2.45) is 0 Å². The van der Waals surface area contributed by atoms with Crippen molar-refractivity contribution in [2.75, 3.05) is 13.1 Å². The number of carbonyl (C=O) groups excluding carboxylic acids is 1. The molecule has 1 saturated heterocycles. The number of likely N-dealkylation sites (tertiary alicyclic amines) is 1. The Morgan fingerprint density at radius 3 is 2.96 bits per heavy atom. The van der Waals surface area contributed by atoms with Crippen molar-refractivity contribution in [3.8, 4) is 0 Å². The fraction of sp³-hybridized carbons (Fsp3) is 0.722. The highest BCUT2D eigenvalue weighted by atomic mass is 32.1. The smallest absolute Gasteiger partial charge is 0.221 e. The third-order valence-electron chi connectivity index (χ3n) is 4.44. The summed E-state index contributed by atoms with van der Waals surface area (Å²) >= 11 is 1.62. The predicted molar refractivity (Wildman–Crippen MR) is 95.6 cm³/mol. The second-order valence-electron chi connectivity index (χ2n) is 6.78. The SMILES string of the molecule is CC(C)NC(=O)CCN1CCCCCC1CC(O)c1cccs1. The number of carbonyl (C=O) groups is 1. The van der Waals surface area contributed by atoms with Gasteiger partial charge in [-0.3, -0.25) is 9.69 Å². The molecule has 1 amide bonds. The zero-order valence-corrected chi connectivity index (χ0v) is 15.1. The van der Waals surface area contributed by atoms with Crippen LogP contribution in [0.2, 0.25) is 0 Å². The van der Waals surface area contributed by atoms with E-state index in [2.05, 4.69) is 10.2 Å². The molecule has 0 spiro atoms. The summed E-state index contributed by atoms with van der Waals surface area (Å²) in [5.74, 6) is 0.127. The first kappa shape index (κ1) is 18.4. The van der Waals surface area contributed by atoms with Gasteiger partial charge in [-0.25, -0.2) is 0 Å². The van der Waals surface area contributed by atoms with Gasteiger partial charge in [0, 0.05) is 29.9 Å². The lowest BCUT2D eigenvalue weighted by Crippen LogP contribution is -2.39. The Bertz CT molecular complexity index is 462. The maximum atomic E-state index is 11.9. The molecule has 0 radical (unpaired) electrons. The zero-order valence-electron chi connectivity index (χ0n) is 14.3. The zero-order chi connectivity index (χ0) is 16.7. The lowest BCUT2D eigenvalue weighted by Gasteiger charge is -2.31. The van der Waals surface area contributed by atoms with E-state index in [1.807, 2.05) is 31.4 Å². The molecule has 1 aliphatic heterocycles. The van der Waals surface area contributed by atoms with Crippen LogP contribution in [0.3, 0.4) is 0 Å². The minimum Gasteiger partial charge on any atom is -0.388 e. The molecule has 0 saturated carbocycles. The third kappa shape index (κ3) is 6.24. The van der Waals surface area contributed by atoms with Crippen molar-refractivity contribution in [2.45, 2.75) is 70.6 Å². The molecule has 2 unspecified atom stereocenters. The van der Waals surface area contributed by atoms with Gasteiger partial charge in [-0.15, -0.1) is 11.3 Å². The van der Waals surface area contributed by atoms with Gasteiger partial charge in [0.05, 0.1) is 6.10 Å². The molecule has 0 aliphatic carbocycles. The highest BCUT2D eigenvalue weighted by molar-refractivity contribution is 7.10. The average Bonchev–Trinajstić information content (AvgIpc) is 2.94. The minimum atomic E-state index is -0.384. The van der Waals surface area contributed by atoms with Gasteiger partial charge in [0.25, 0.3) is 0 Å². The number of rotatable bonds is 7. The molecule has 2 atom stereocenters. The van der Waals surface area contributed by atoms with Crippen LogP contribution >= 0.6 is 11.3 Å². The standard InChI is InChI=1S/C18H30N2O2S/c1-14(2)19-18(22)9-11-20-10-5-3-4-7-15(20)13-16(21)17-8-6-12-23-17/h6,8,12,14-16,21H,3-5,7,9-11,13H2,1-2H3,(H,19,22). The number of nitrogens with zero attached hydrogens (tertiary/aromatic N) is 1. The van der Waals surface area contributed by atoms with E-state index >= 15 is 0 Å². The average molecular weight is 339 g/mol. The Hall–Kier alpha value is -0.910. The minimum absolute atomic E-state index is 0.127. The fourth-order valence-corrected chi connectivity index (χ4v) is 4.02. The van der Waals surface area contributed by atoms with E-state index in [0.717, 1.165) is 30.8 Å². The van der Waals surface area contributed by atoms with E-state index in [-0.39, 0.29) is 18.1 Å². The van der Waals surface area contributed by atoms with E-state index in [0.29, 0.717) is 12.5 Å². The molecule has 0 aromatic carbocycles. The van der Waals surface area contributed by atoms with Crippen LogP contribution in [-0.4, -0.2) is 41.1 Å². The summed E-state index contributed by atoms with van der Waals surface area (Å²) in [6.45, 7) is 5.81. The van der Waals surface area contributed by atoms with Crippen molar-refractivity contribution in [1.82, 2.24) is 10.2 Å². The van der Waals surface area contributed by atoms with Crippen molar-refractivity contribution < 1.29 is 9.90 Å². The molecule has 2 heterocycles. The van der Waals surface area contributed by atoms with E-state index in [1.165, 1.54) is 19.3 Å². The summed E-state index contributed by atoms with van der Waals surface area (Å²) in [4.78, 5) is 15.4. The van der Waals surface area contributed by atoms with E-state index < -0.39 is 0 Å². The lowest BCUT2D eigenvalue weighted by molar-refractivity contribution is -0.122. The molecular formula is C18H30N2O2S. The normalized spacial score (nSPS) is 21.1. The van der Waals surface area contributed by atoms with Gasteiger partial charge in [-0.1, -0.05) is 18.9 Å². The molecule has 2 N–H and O–H groups in total. The highest BCUT2D eigenvalue weighted by Gasteiger charge is 2.25. The molecular weight excluding hydrogens is 308 g/mol.